The number of esters is 1. The molecular weight excluding hydrogens is 431 g/mol. The van der Waals surface area contributed by atoms with Gasteiger partial charge < -0.3 is 0 Å². The summed E-state index contributed by atoms with van der Waals surface area (Å²) < 4.78 is 20.8. The maximum atomic E-state index is 11.9. The molecule has 1 unspecified atom stereocenters. The number of ether oxygens (including phenoxy) is 3. The fraction of sp³-hybridized carbons (Fsp3) is 0.417. The van der Waals surface area contributed by atoms with E-state index in [1.807, 2.05) is 13.8 Å². The first-order chi connectivity index (χ1) is 8.63. The van der Waals surface area contributed by atoms with Crippen LogP contribution in [0.2, 0.25) is 0 Å². The average molecular weight is 444 g/mol. The molecule has 0 aliphatic carbocycles. The van der Waals surface area contributed by atoms with Crippen LogP contribution in [0.25, 0.3) is 0 Å². The Morgan fingerprint density at radius 1 is 1.33 bits per heavy atom. The van der Waals surface area contributed by atoms with E-state index >= 15 is 0 Å². The molecule has 2 rings (SSSR count). The van der Waals surface area contributed by atoms with Gasteiger partial charge in [-0.05, 0) is 0 Å². The maximum absolute atomic E-state index is 11.9. The third-order valence-electron chi connectivity index (χ3n) is 2.40. The minimum absolute atomic E-state index is 0.158. The summed E-state index contributed by atoms with van der Waals surface area (Å²) in [7, 11) is 0. The number of carbonyl (C=O) groups is 1. The molecule has 1 aliphatic heterocycles. The zero-order valence-electron chi connectivity index (χ0n) is 10.2. The fourth-order valence-electron chi connectivity index (χ4n) is 1.71. The summed E-state index contributed by atoms with van der Waals surface area (Å²) in [6.07, 6.45) is 1.55. The van der Waals surface area contributed by atoms with Crippen LogP contribution >= 0.6 is 0 Å². The van der Waals surface area contributed by atoms with Crippen molar-refractivity contribution in [3.05, 3.63) is 35.7 Å². The summed E-state index contributed by atoms with van der Waals surface area (Å²) >= 11 is 0.516. The third kappa shape index (κ3) is 2.15. The molecule has 1 aromatic heterocycles. The van der Waals surface area contributed by atoms with Gasteiger partial charge in [0.1, 0.15) is 0 Å². The monoisotopic (exact) mass is 445 g/mol. The Bertz CT molecular complexity index is 465. The van der Waals surface area contributed by atoms with Gasteiger partial charge in [-0.2, -0.15) is 0 Å². The van der Waals surface area contributed by atoms with E-state index in [1.54, 1.807) is 18.4 Å². The van der Waals surface area contributed by atoms with Crippen molar-refractivity contribution in [2.75, 3.05) is 13.2 Å². The zero-order valence-corrected chi connectivity index (χ0v) is 14.1. The summed E-state index contributed by atoms with van der Waals surface area (Å²) in [4.78, 5) is 11.9. The molecule has 3 radical (unpaired) electrons. The van der Waals surface area contributed by atoms with Gasteiger partial charge in [0.25, 0.3) is 0 Å². The van der Waals surface area contributed by atoms with E-state index in [2.05, 4.69) is 0 Å². The van der Waals surface area contributed by atoms with E-state index in [9.17, 15) is 4.79 Å². The Balaban J connectivity index is 2.46. The van der Waals surface area contributed by atoms with Gasteiger partial charge in [-0.3, -0.25) is 0 Å². The van der Waals surface area contributed by atoms with Crippen molar-refractivity contribution in [1.82, 2.24) is 0 Å². The first-order valence-corrected chi connectivity index (χ1v) is 7.60. The van der Waals surface area contributed by atoms with Gasteiger partial charge in [-0.15, -0.1) is 0 Å². The molecule has 0 saturated heterocycles. The van der Waals surface area contributed by atoms with Gasteiger partial charge in [0.2, 0.25) is 0 Å². The Kier molecular flexibility index (Phi) is 3.98. The topological polar surface area (TPSA) is 57.9 Å². The molecule has 0 N–H and O–H groups in total. The van der Waals surface area contributed by atoms with E-state index in [-0.39, 0.29) is 5.76 Å². The summed E-state index contributed by atoms with van der Waals surface area (Å²) in [6, 6.07) is 3.53. The van der Waals surface area contributed by atoms with Crippen LogP contribution < -0.4 is 0 Å². The fourth-order valence-corrected chi connectivity index (χ4v) is 3.34. The van der Waals surface area contributed by atoms with Gasteiger partial charge in [-0.25, -0.2) is 0 Å². The number of hydrogen-bond acceptors (Lipinski definition) is 5. The Labute approximate surface area is 121 Å². The molecule has 0 spiro atoms. The van der Waals surface area contributed by atoms with E-state index in [0.29, 0.717) is 50.5 Å². The standard InChI is InChI=1S/C12H13O5.Pb/c1-3-14-10-9(8-6-5-7-16-8)17-12(13)11(10)15-4-2;/h5-7H,3-4H2,1-2H3;. The van der Waals surface area contributed by atoms with Crippen LogP contribution in [0.5, 0.6) is 0 Å². The molecule has 18 heavy (non-hydrogen) atoms. The van der Waals surface area contributed by atoms with E-state index in [0.717, 1.165) is 0 Å². The molecule has 5 nitrogen and oxygen atoms in total. The van der Waals surface area contributed by atoms with Crippen LogP contribution in [0.15, 0.2) is 34.3 Å². The van der Waals surface area contributed by atoms with Gasteiger partial charge in [-0.1, -0.05) is 0 Å². The number of rotatable bonds is 5. The van der Waals surface area contributed by atoms with Gasteiger partial charge in [0, 0.05) is 0 Å². The van der Waals surface area contributed by atoms with Gasteiger partial charge in [0.05, 0.1) is 0 Å². The number of carbonyl (C=O) groups excluding carboxylic acids is 1. The van der Waals surface area contributed by atoms with Crippen LogP contribution in [0, 0.1) is 0 Å². The van der Waals surface area contributed by atoms with Crippen LogP contribution in [0.4, 0.5) is 0 Å². The van der Waals surface area contributed by atoms with Crippen molar-refractivity contribution >= 4 is 31.7 Å². The molecule has 0 amide bonds. The van der Waals surface area contributed by atoms with Gasteiger partial charge >= 0.3 is 121 Å². The average Bonchev–Trinajstić information content (AvgIpc) is 2.93. The normalized spacial score (nSPS) is 23.2. The van der Waals surface area contributed by atoms with E-state index in [4.69, 9.17) is 18.6 Å². The minimum atomic E-state index is -0.916. The molecule has 0 aromatic carbocycles. The van der Waals surface area contributed by atoms with Crippen LogP contribution in [-0.2, 0) is 22.2 Å². The van der Waals surface area contributed by atoms with Crippen molar-refractivity contribution in [1.29, 1.82) is 0 Å². The molecule has 0 bridgehead atoms. The van der Waals surface area contributed by atoms with E-state index < -0.39 is 9.13 Å². The number of cyclic esters (lactones) is 1. The molecular formula is C12H13O5Pb. The molecule has 1 aliphatic rings. The Morgan fingerprint density at radius 2 is 2.06 bits per heavy atom. The predicted molar refractivity (Wildman–Crippen MR) is 62.5 cm³/mol. The quantitative estimate of drug-likeness (QED) is 0.508. The molecule has 6 heteroatoms. The summed E-state index contributed by atoms with van der Waals surface area (Å²) in [5.41, 5.74) is 0. The van der Waals surface area contributed by atoms with Crippen molar-refractivity contribution in [2.45, 2.75) is 17.0 Å². The van der Waals surface area contributed by atoms with Crippen molar-refractivity contribution in [3.8, 4) is 0 Å². The number of hydrogen-bond donors (Lipinski definition) is 0. The van der Waals surface area contributed by atoms with Crippen LogP contribution in [0.1, 0.15) is 19.6 Å². The Hall–Kier alpha value is -0.988. The van der Waals surface area contributed by atoms with Crippen molar-refractivity contribution < 1.29 is 23.4 Å². The molecule has 0 saturated carbocycles. The van der Waals surface area contributed by atoms with Crippen LogP contribution in [-0.4, -0.2) is 45.0 Å². The Morgan fingerprint density at radius 3 is 2.61 bits per heavy atom. The molecule has 1 atom stereocenters. The molecule has 1 aromatic rings. The third-order valence-corrected chi connectivity index (χ3v) is 4.64. The SMILES string of the molecule is CCOC1=C(OCC)[C]([Pb])(c2ccco2)OC1=O. The van der Waals surface area contributed by atoms with Crippen LogP contribution in [0.3, 0.4) is 0 Å². The second-order valence-corrected chi connectivity index (χ2v) is 6.31. The zero-order chi connectivity index (χ0) is 13.2. The molecule has 0 fully saturated rings. The van der Waals surface area contributed by atoms with Gasteiger partial charge in [0.15, 0.2) is 0 Å². The van der Waals surface area contributed by atoms with Crippen molar-refractivity contribution in [2.24, 2.45) is 0 Å². The summed E-state index contributed by atoms with van der Waals surface area (Å²) in [5.74, 6) is 0.664. The summed E-state index contributed by atoms with van der Waals surface area (Å²) in [5, 5.41) is 0. The van der Waals surface area contributed by atoms with Crippen molar-refractivity contribution in [3.63, 3.8) is 0 Å². The predicted octanol–water partition coefficient (Wildman–Crippen LogP) is 1.44. The first-order valence-electron chi connectivity index (χ1n) is 5.66. The second kappa shape index (κ2) is 5.33. The summed E-state index contributed by atoms with van der Waals surface area (Å²) in [6.45, 7) is 4.48. The van der Waals surface area contributed by atoms with E-state index in [1.165, 1.54) is 0 Å². The first kappa shape index (κ1) is 13.4. The second-order valence-electron chi connectivity index (χ2n) is 3.57. The molecule has 95 valence electrons. The number of furan rings is 1. The molecule has 2 heterocycles.